The van der Waals surface area contributed by atoms with Crippen molar-refractivity contribution in [2.45, 2.75) is 57.8 Å². The summed E-state index contributed by atoms with van der Waals surface area (Å²) in [5.74, 6) is 0. The molecule has 1 aliphatic carbocycles. The van der Waals surface area contributed by atoms with Gasteiger partial charge in [0.2, 0.25) is 6.71 Å². The summed E-state index contributed by atoms with van der Waals surface area (Å²) in [6.45, 7) is 14.0. The Bertz CT molecular complexity index is 3460. The Morgan fingerprint density at radius 2 is 1.03 bits per heavy atom. The van der Waals surface area contributed by atoms with E-state index in [4.69, 9.17) is 0 Å². The van der Waals surface area contributed by atoms with Gasteiger partial charge in [-0.15, -0.1) is 11.3 Å². The minimum absolute atomic E-state index is 0.00267. The average Bonchev–Trinajstić information content (AvgIpc) is 3.94. The second kappa shape index (κ2) is 12.7. The first-order valence-electron chi connectivity index (χ1n) is 22.5. The van der Waals surface area contributed by atoms with Gasteiger partial charge < -0.3 is 9.47 Å². The van der Waals surface area contributed by atoms with Crippen molar-refractivity contribution in [3.63, 3.8) is 0 Å². The van der Waals surface area contributed by atoms with Crippen molar-refractivity contribution in [2.75, 3.05) is 4.90 Å². The summed E-state index contributed by atoms with van der Waals surface area (Å²) in [6, 6.07) is 67.6. The Hall–Kier alpha value is -6.62. The van der Waals surface area contributed by atoms with Crippen LogP contribution in [0.5, 0.6) is 0 Å². The van der Waals surface area contributed by atoms with E-state index in [1.807, 2.05) is 11.3 Å². The van der Waals surface area contributed by atoms with Crippen LogP contribution in [-0.2, 0) is 16.2 Å². The van der Waals surface area contributed by atoms with Crippen LogP contribution in [-0.4, -0.2) is 11.3 Å². The second-order valence-corrected chi connectivity index (χ2v) is 21.1. The van der Waals surface area contributed by atoms with Crippen molar-refractivity contribution in [3.8, 4) is 16.8 Å². The molecule has 0 amide bonds. The lowest BCUT2D eigenvalue weighted by Gasteiger charge is -2.46. The third kappa shape index (κ3) is 4.91. The van der Waals surface area contributed by atoms with Crippen molar-refractivity contribution in [2.24, 2.45) is 0 Å². The maximum Gasteiger partial charge on any atom is 0.249 e. The van der Waals surface area contributed by atoms with Crippen LogP contribution >= 0.6 is 11.3 Å². The highest BCUT2D eigenvalue weighted by atomic mass is 32.1. The molecule has 13 rings (SSSR count). The fraction of sp³-hybridized carbons (Fsp3) is 0.153. The Morgan fingerprint density at radius 1 is 0.460 bits per heavy atom. The van der Waals surface area contributed by atoms with Gasteiger partial charge in [-0.05, 0) is 120 Å². The topological polar surface area (TPSA) is 8.17 Å². The number of fused-ring (bicyclic) bond motifs is 16. The molecule has 1 spiro atoms. The molecule has 0 saturated carbocycles. The van der Waals surface area contributed by atoms with Crippen LogP contribution in [0, 0.1) is 0 Å². The minimum Gasteiger partial charge on any atom is -0.311 e. The number of benzene rings is 8. The molecule has 2 nitrogen and oxygen atoms in total. The van der Waals surface area contributed by atoms with Crippen LogP contribution in [0.1, 0.15) is 74.2 Å². The third-order valence-corrected chi connectivity index (χ3v) is 15.9. The molecule has 8 aromatic carbocycles. The van der Waals surface area contributed by atoms with Gasteiger partial charge >= 0.3 is 0 Å². The summed E-state index contributed by atoms with van der Waals surface area (Å²) < 4.78 is 3.89. The molecular weight excluding hydrogens is 780 g/mol. The fourth-order valence-corrected chi connectivity index (χ4v) is 13.2. The first-order chi connectivity index (χ1) is 30.5. The quantitative estimate of drug-likeness (QED) is 0.158. The van der Waals surface area contributed by atoms with E-state index in [-0.39, 0.29) is 17.5 Å². The monoisotopic (exact) mass is 826 g/mol. The Balaban J connectivity index is 1.25. The highest BCUT2D eigenvalue weighted by molar-refractivity contribution is 7.22. The number of anilines is 3. The average molecular weight is 827 g/mol. The Morgan fingerprint density at radius 3 is 1.68 bits per heavy atom. The van der Waals surface area contributed by atoms with Gasteiger partial charge in [-0.3, -0.25) is 0 Å². The zero-order valence-corrected chi connectivity index (χ0v) is 37.4. The van der Waals surface area contributed by atoms with Crippen molar-refractivity contribution in [1.29, 1.82) is 0 Å². The molecule has 2 aliphatic heterocycles. The van der Waals surface area contributed by atoms with Gasteiger partial charge in [-0.1, -0.05) is 169 Å². The first kappa shape index (κ1) is 37.0. The molecule has 0 bridgehead atoms. The number of aromatic nitrogens is 1. The number of hydrogen-bond donors (Lipinski definition) is 0. The summed E-state index contributed by atoms with van der Waals surface area (Å²) in [5, 5.41) is 3.92. The van der Waals surface area contributed by atoms with E-state index in [9.17, 15) is 0 Å². The Labute approximate surface area is 374 Å². The van der Waals surface area contributed by atoms with E-state index in [0.717, 1.165) is 0 Å². The van der Waals surface area contributed by atoms with E-state index >= 15 is 0 Å². The number of para-hydroxylation sites is 3. The predicted molar refractivity (Wildman–Crippen MR) is 270 cm³/mol. The van der Waals surface area contributed by atoms with Crippen LogP contribution in [0.4, 0.5) is 17.1 Å². The molecule has 0 N–H and O–H groups in total. The van der Waals surface area contributed by atoms with E-state index < -0.39 is 5.41 Å². The summed E-state index contributed by atoms with van der Waals surface area (Å²) in [7, 11) is 0. The van der Waals surface area contributed by atoms with E-state index in [2.05, 4.69) is 227 Å². The van der Waals surface area contributed by atoms with Gasteiger partial charge in [0.25, 0.3) is 0 Å². The van der Waals surface area contributed by atoms with Crippen LogP contribution in [0.25, 0.3) is 48.7 Å². The number of hydrogen-bond acceptors (Lipinski definition) is 2. The maximum atomic E-state index is 2.60. The molecular formula is C59H47BN2S. The summed E-state index contributed by atoms with van der Waals surface area (Å²) in [4.78, 5) is 4.04. The molecule has 3 aliphatic rings. The maximum absolute atomic E-state index is 2.60. The van der Waals surface area contributed by atoms with Crippen LogP contribution in [0.3, 0.4) is 0 Å². The summed E-state index contributed by atoms with van der Waals surface area (Å²) >= 11 is 2.02. The standard InChI is InChI=1S/C59H47BN2S/c1-57(2,3)36-27-30-38(31-28-36)61-51-26-16-13-23-48(51)60-54-44-33-37(58(4,5)6)29-32-53(44)63-56(54)59(45-21-11-7-17-40(45)41-18-8-12-22-46(41)59)47-34-39(35-52(61)55(47)60)62-49-24-14-9-19-42(49)43-20-10-15-25-50(43)62/h7-35H,1-6H3. The van der Waals surface area contributed by atoms with E-state index in [0.29, 0.717) is 0 Å². The number of nitrogens with zero attached hydrogens (tertiary/aromatic N) is 2. The van der Waals surface area contributed by atoms with E-state index in [1.54, 1.807) is 0 Å². The smallest absolute Gasteiger partial charge is 0.249 e. The lowest BCUT2D eigenvalue weighted by Crippen LogP contribution is -2.64. The lowest BCUT2D eigenvalue weighted by molar-refractivity contribution is 0.590. The molecule has 0 unspecified atom stereocenters. The fourth-order valence-electron chi connectivity index (χ4n) is 11.7. The molecule has 10 aromatic rings. The predicted octanol–water partition coefficient (Wildman–Crippen LogP) is 13.6. The molecule has 0 radical (unpaired) electrons. The molecule has 2 aromatic heterocycles. The molecule has 0 saturated heterocycles. The van der Waals surface area contributed by atoms with Gasteiger partial charge in [-0.2, -0.15) is 0 Å². The number of thiophene rings is 1. The minimum atomic E-state index is -0.558. The zero-order chi connectivity index (χ0) is 42.6. The largest absolute Gasteiger partial charge is 0.311 e. The Kier molecular flexibility index (Phi) is 7.48. The molecule has 302 valence electrons. The molecule has 4 heterocycles. The zero-order valence-electron chi connectivity index (χ0n) is 36.6. The molecule has 63 heavy (non-hydrogen) atoms. The van der Waals surface area contributed by atoms with Crippen LogP contribution in [0.2, 0.25) is 0 Å². The third-order valence-electron chi connectivity index (χ3n) is 14.6. The molecule has 4 heteroatoms. The molecule has 0 atom stereocenters. The van der Waals surface area contributed by atoms with Crippen LogP contribution in [0.15, 0.2) is 176 Å². The molecule has 0 fully saturated rings. The van der Waals surface area contributed by atoms with Gasteiger partial charge in [0, 0.05) is 43.1 Å². The highest BCUT2D eigenvalue weighted by Crippen LogP contribution is 2.60. The van der Waals surface area contributed by atoms with Gasteiger partial charge in [-0.25, -0.2) is 0 Å². The summed E-state index contributed by atoms with van der Waals surface area (Å²) in [5.41, 5.74) is 20.4. The lowest BCUT2D eigenvalue weighted by atomic mass is 9.30. The van der Waals surface area contributed by atoms with Gasteiger partial charge in [0.1, 0.15) is 0 Å². The van der Waals surface area contributed by atoms with Crippen molar-refractivity contribution in [1.82, 2.24) is 4.57 Å². The van der Waals surface area contributed by atoms with Gasteiger partial charge in [0.05, 0.1) is 16.4 Å². The highest BCUT2D eigenvalue weighted by Gasteiger charge is 2.56. The van der Waals surface area contributed by atoms with Crippen molar-refractivity contribution in [3.05, 3.63) is 209 Å². The van der Waals surface area contributed by atoms with Gasteiger partial charge in [0.15, 0.2) is 0 Å². The second-order valence-electron chi connectivity index (χ2n) is 20.1. The first-order valence-corrected chi connectivity index (χ1v) is 23.3. The number of rotatable bonds is 2. The van der Waals surface area contributed by atoms with Crippen LogP contribution < -0.4 is 21.3 Å². The van der Waals surface area contributed by atoms with Crippen molar-refractivity contribution < 1.29 is 0 Å². The van der Waals surface area contributed by atoms with E-state index in [1.165, 1.54) is 115 Å². The SMILES string of the molecule is CC(C)(C)c1ccc(N2c3ccccc3B3c4c2cc(-n2c5ccccc5c5ccccc52)cc4C2(c4ccccc4-c4ccccc42)c2sc4ccc(C(C)(C)C)cc4c23)cc1. The van der Waals surface area contributed by atoms with Crippen molar-refractivity contribution >= 4 is 83.4 Å². The summed E-state index contributed by atoms with van der Waals surface area (Å²) in [6.07, 6.45) is 0. The normalized spacial score (nSPS) is 14.6.